The van der Waals surface area contributed by atoms with E-state index in [4.69, 9.17) is 0 Å². The Hall–Kier alpha value is -1.10. The third-order valence-electron chi connectivity index (χ3n) is 4.03. The number of hydrogen-bond acceptors (Lipinski definition) is 3. The molecule has 10 heteroatoms. The fourth-order valence-corrected chi connectivity index (χ4v) is 3.69. The van der Waals surface area contributed by atoms with Crippen LogP contribution in [-0.2, 0) is 11.4 Å². The molecule has 28 heavy (non-hydrogen) atoms. The van der Waals surface area contributed by atoms with Crippen LogP contribution in [0.5, 0.6) is 0 Å². The first-order valence-electron chi connectivity index (χ1n) is 8.43. The molecule has 1 aromatic heterocycles. The summed E-state index contributed by atoms with van der Waals surface area (Å²) in [6.45, 7) is 7.82. The minimum Gasteiger partial charge on any atom is -0.598 e. The lowest BCUT2D eigenvalue weighted by Crippen LogP contribution is -2.45. The number of carbonyl (C=O) groups excluding carboxylic acids is 1. The highest BCUT2D eigenvalue weighted by Gasteiger charge is 2.47. The molecular weight excluding hydrogens is 464 g/mol. The number of carbonyl (C=O) groups is 1. The van der Waals surface area contributed by atoms with Gasteiger partial charge in [0.1, 0.15) is 10.6 Å². The Morgan fingerprint density at radius 3 is 2.29 bits per heavy atom. The molecule has 0 fully saturated rings. The third-order valence-corrected chi connectivity index (χ3v) is 6.20. The second-order valence-electron chi connectivity index (χ2n) is 7.70. The van der Waals surface area contributed by atoms with Crippen molar-refractivity contribution in [3.63, 3.8) is 0 Å². The number of hydrogen-bond donors (Lipinski definition) is 1. The lowest BCUT2D eigenvalue weighted by Gasteiger charge is -2.28. The van der Waals surface area contributed by atoms with Gasteiger partial charge < -0.3 is 4.55 Å². The van der Waals surface area contributed by atoms with Crippen LogP contribution in [0, 0.1) is 11.7 Å². The van der Waals surface area contributed by atoms with Crippen molar-refractivity contribution in [3.8, 4) is 0 Å². The molecular formula is C18H21BrF4N2O2S. The molecule has 2 aromatic rings. The van der Waals surface area contributed by atoms with E-state index in [-0.39, 0.29) is 20.9 Å². The molecule has 0 spiro atoms. The van der Waals surface area contributed by atoms with Crippen LogP contribution in [0.25, 0.3) is 10.9 Å². The number of fused-ring (bicyclic) bond motifs is 1. The fraction of sp³-hybridized carbons (Fsp3) is 0.500. The van der Waals surface area contributed by atoms with E-state index in [9.17, 15) is 26.9 Å². The third kappa shape index (κ3) is 4.72. The summed E-state index contributed by atoms with van der Waals surface area (Å²) in [5.74, 6) is -1.69. The zero-order valence-electron chi connectivity index (χ0n) is 15.9. The van der Waals surface area contributed by atoms with Crippen molar-refractivity contribution in [2.24, 2.45) is 5.92 Å². The standard InChI is InChI=1S/C18H21BrF4N2O2S/c1-9(2)16(26)25-8-11(10-6-13(20)12(19)7-14(10)25)15(18(21,22)23)24-28(27)17(3,4)5/h6-9,15,24H,1-5H3/t15-,28?/m0/s1. The molecule has 0 saturated carbocycles. The number of benzene rings is 1. The normalized spacial score (nSPS) is 15.3. The molecule has 0 radical (unpaired) electrons. The molecule has 0 aliphatic carbocycles. The Bertz CT molecular complexity index is 890. The SMILES string of the molecule is CC(C)C(=O)n1cc([C@H](N[S+]([O-])C(C)(C)C)C(F)(F)F)c2cc(F)c(Br)cc21. The van der Waals surface area contributed by atoms with Crippen molar-refractivity contribution in [3.05, 3.63) is 34.2 Å². The van der Waals surface area contributed by atoms with Crippen LogP contribution in [0.2, 0.25) is 0 Å². The summed E-state index contributed by atoms with van der Waals surface area (Å²) in [6, 6.07) is -0.126. The maximum atomic E-state index is 14.1. The number of alkyl halides is 3. The molecule has 0 aliphatic rings. The van der Waals surface area contributed by atoms with Gasteiger partial charge in [0.05, 0.1) is 9.99 Å². The van der Waals surface area contributed by atoms with Gasteiger partial charge in [0, 0.05) is 34.4 Å². The average molecular weight is 485 g/mol. The topological polar surface area (TPSA) is 57.1 Å². The molecule has 2 rings (SSSR count). The number of halogens is 5. The Morgan fingerprint density at radius 2 is 1.82 bits per heavy atom. The molecule has 156 valence electrons. The predicted molar refractivity (Wildman–Crippen MR) is 105 cm³/mol. The number of aromatic nitrogens is 1. The maximum absolute atomic E-state index is 14.1. The van der Waals surface area contributed by atoms with Crippen LogP contribution in [0.4, 0.5) is 17.6 Å². The highest BCUT2D eigenvalue weighted by Crippen LogP contribution is 2.40. The van der Waals surface area contributed by atoms with Crippen LogP contribution in [0.3, 0.4) is 0 Å². The van der Waals surface area contributed by atoms with E-state index < -0.39 is 46.0 Å². The Balaban J connectivity index is 2.74. The molecule has 1 heterocycles. The van der Waals surface area contributed by atoms with Gasteiger partial charge >= 0.3 is 6.18 Å². The van der Waals surface area contributed by atoms with Crippen molar-refractivity contribution in [2.45, 2.75) is 51.6 Å². The summed E-state index contributed by atoms with van der Waals surface area (Å²) in [7, 11) is 0. The van der Waals surface area contributed by atoms with E-state index in [2.05, 4.69) is 20.7 Å². The summed E-state index contributed by atoms with van der Waals surface area (Å²) < 4.78 is 70.2. The molecule has 4 nitrogen and oxygen atoms in total. The molecule has 1 N–H and O–H groups in total. The predicted octanol–water partition coefficient (Wildman–Crippen LogP) is 5.49. The summed E-state index contributed by atoms with van der Waals surface area (Å²) in [5.41, 5.74) is -0.222. The molecule has 0 aliphatic heterocycles. The van der Waals surface area contributed by atoms with Gasteiger partial charge in [-0.25, -0.2) is 4.39 Å². The van der Waals surface area contributed by atoms with E-state index in [1.807, 2.05) is 0 Å². The first kappa shape index (κ1) is 23.2. The van der Waals surface area contributed by atoms with Crippen LogP contribution < -0.4 is 4.72 Å². The highest BCUT2D eigenvalue weighted by atomic mass is 79.9. The van der Waals surface area contributed by atoms with Crippen LogP contribution in [0.15, 0.2) is 22.8 Å². The highest BCUT2D eigenvalue weighted by molar-refractivity contribution is 9.10. The van der Waals surface area contributed by atoms with E-state index >= 15 is 0 Å². The van der Waals surface area contributed by atoms with Gasteiger partial charge in [0.15, 0.2) is 6.04 Å². The van der Waals surface area contributed by atoms with Gasteiger partial charge in [0.25, 0.3) is 0 Å². The minimum absolute atomic E-state index is 0.0252. The summed E-state index contributed by atoms with van der Waals surface area (Å²) in [6.07, 6.45) is -3.77. The van der Waals surface area contributed by atoms with Crippen molar-refractivity contribution in [1.82, 2.24) is 9.29 Å². The Labute approximate surface area is 172 Å². The minimum atomic E-state index is -4.82. The van der Waals surface area contributed by atoms with Gasteiger partial charge in [-0.2, -0.15) is 13.2 Å². The van der Waals surface area contributed by atoms with Crippen LogP contribution in [0.1, 0.15) is 51.0 Å². The molecule has 1 unspecified atom stereocenters. The molecule has 1 aromatic carbocycles. The Morgan fingerprint density at radius 1 is 1.25 bits per heavy atom. The molecule has 0 amide bonds. The second kappa shape index (κ2) is 7.97. The van der Waals surface area contributed by atoms with E-state index in [0.717, 1.165) is 16.8 Å². The lowest BCUT2D eigenvalue weighted by molar-refractivity contribution is -0.152. The van der Waals surface area contributed by atoms with Gasteiger partial charge in [-0.05, 0) is 48.8 Å². The largest absolute Gasteiger partial charge is 0.598 e. The van der Waals surface area contributed by atoms with Crippen molar-refractivity contribution in [1.29, 1.82) is 0 Å². The van der Waals surface area contributed by atoms with Crippen molar-refractivity contribution in [2.75, 3.05) is 0 Å². The molecule has 0 bridgehead atoms. The fourth-order valence-electron chi connectivity index (χ4n) is 2.53. The van der Waals surface area contributed by atoms with Crippen LogP contribution in [-0.4, -0.2) is 26.0 Å². The number of rotatable bonds is 4. The van der Waals surface area contributed by atoms with Crippen molar-refractivity contribution < 1.29 is 26.9 Å². The van der Waals surface area contributed by atoms with Crippen LogP contribution >= 0.6 is 15.9 Å². The first-order valence-corrected chi connectivity index (χ1v) is 10.4. The number of nitrogens with one attached hydrogen (secondary N) is 1. The zero-order chi connectivity index (χ0) is 21.6. The summed E-state index contributed by atoms with van der Waals surface area (Å²) >= 11 is 0.958. The lowest BCUT2D eigenvalue weighted by atomic mass is 10.1. The van der Waals surface area contributed by atoms with Gasteiger partial charge in [-0.15, -0.1) is 4.72 Å². The van der Waals surface area contributed by atoms with Crippen molar-refractivity contribution >= 4 is 44.1 Å². The molecule has 0 saturated heterocycles. The van der Waals surface area contributed by atoms with Gasteiger partial charge in [-0.1, -0.05) is 13.8 Å². The van der Waals surface area contributed by atoms with E-state index in [1.54, 1.807) is 13.8 Å². The van der Waals surface area contributed by atoms with Gasteiger partial charge in [-0.3, -0.25) is 9.36 Å². The monoisotopic (exact) mass is 484 g/mol. The smallest absolute Gasteiger partial charge is 0.412 e. The Kier molecular flexibility index (Phi) is 6.59. The molecule has 2 atom stereocenters. The van der Waals surface area contributed by atoms with E-state index in [1.165, 1.54) is 26.8 Å². The first-order chi connectivity index (χ1) is 12.6. The zero-order valence-corrected chi connectivity index (χ0v) is 18.4. The number of nitrogens with zero attached hydrogens (tertiary/aromatic N) is 1. The summed E-state index contributed by atoms with van der Waals surface area (Å²) in [5, 5.41) is -0.0737. The second-order valence-corrected chi connectivity index (χ2v) is 10.6. The maximum Gasteiger partial charge on any atom is 0.412 e. The average Bonchev–Trinajstić information content (AvgIpc) is 2.87. The quantitative estimate of drug-likeness (QED) is 0.460. The van der Waals surface area contributed by atoms with Gasteiger partial charge in [0.2, 0.25) is 5.91 Å². The summed E-state index contributed by atoms with van der Waals surface area (Å²) in [4.78, 5) is 12.5. The van der Waals surface area contributed by atoms with E-state index in [0.29, 0.717) is 0 Å².